The van der Waals surface area contributed by atoms with Crippen molar-refractivity contribution in [3.8, 4) is 0 Å². The molecular formula is C23H37FN6O2. The number of carbonyl (C=O) groups excluding carboxylic acids is 2. The van der Waals surface area contributed by atoms with Gasteiger partial charge in [0.1, 0.15) is 5.82 Å². The van der Waals surface area contributed by atoms with Crippen molar-refractivity contribution in [1.82, 2.24) is 20.4 Å². The lowest BCUT2D eigenvalue weighted by atomic mass is 10.2. The largest absolute Gasteiger partial charge is 0.368 e. The molecule has 8 nitrogen and oxygen atoms in total. The van der Waals surface area contributed by atoms with Crippen LogP contribution in [0, 0.1) is 5.82 Å². The van der Waals surface area contributed by atoms with Gasteiger partial charge in [0.05, 0.1) is 6.54 Å². The number of anilines is 1. The number of nitrogens with zero attached hydrogens (tertiary/aromatic N) is 4. The second-order valence-electron chi connectivity index (χ2n) is 7.60. The van der Waals surface area contributed by atoms with Crippen molar-refractivity contribution in [2.45, 2.75) is 33.6 Å². The number of aliphatic imine (C=N–C) groups is 1. The number of benzene rings is 1. The number of hydrogen-bond donors (Lipinski definition) is 2. The van der Waals surface area contributed by atoms with E-state index in [1.807, 2.05) is 25.7 Å². The fourth-order valence-corrected chi connectivity index (χ4v) is 3.65. The van der Waals surface area contributed by atoms with E-state index in [2.05, 4.69) is 20.5 Å². The summed E-state index contributed by atoms with van der Waals surface area (Å²) in [6.45, 7) is 11.7. The number of amides is 2. The molecule has 0 aliphatic carbocycles. The molecule has 1 aromatic rings. The van der Waals surface area contributed by atoms with Crippen LogP contribution in [-0.4, -0.2) is 86.5 Å². The van der Waals surface area contributed by atoms with Crippen molar-refractivity contribution in [2.24, 2.45) is 4.99 Å². The first-order valence-corrected chi connectivity index (χ1v) is 11.6. The second-order valence-corrected chi connectivity index (χ2v) is 7.60. The Hall–Kier alpha value is -2.84. The topological polar surface area (TPSA) is 80.3 Å². The molecule has 1 fully saturated rings. The van der Waals surface area contributed by atoms with E-state index < -0.39 is 0 Å². The Bertz CT molecular complexity index is 743. The molecule has 1 aliphatic heterocycles. The molecule has 1 heterocycles. The average molecular weight is 449 g/mol. The minimum Gasteiger partial charge on any atom is -0.368 e. The van der Waals surface area contributed by atoms with E-state index in [9.17, 15) is 14.0 Å². The number of rotatable bonds is 10. The van der Waals surface area contributed by atoms with Crippen molar-refractivity contribution in [3.05, 3.63) is 30.1 Å². The van der Waals surface area contributed by atoms with E-state index in [4.69, 9.17) is 0 Å². The summed E-state index contributed by atoms with van der Waals surface area (Å²) in [6.07, 6.45) is 0.745. The van der Waals surface area contributed by atoms with Gasteiger partial charge >= 0.3 is 0 Å². The van der Waals surface area contributed by atoms with Gasteiger partial charge in [0.15, 0.2) is 5.96 Å². The highest BCUT2D eigenvalue weighted by Crippen LogP contribution is 2.17. The first kappa shape index (κ1) is 25.4. The lowest BCUT2D eigenvalue weighted by Gasteiger charge is -2.36. The maximum atomic E-state index is 13.1. The quantitative estimate of drug-likeness (QED) is 0.421. The van der Waals surface area contributed by atoms with Gasteiger partial charge in [0, 0.05) is 70.9 Å². The zero-order chi connectivity index (χ0) is 23.3. The molecule has 1 aliphatic rings. The molecule has 9 heteroatoms. The highest BCUT2D eigenvalue weighted by molar-refractivity contribution is 5.82. The van der Waals surface area contributed by atoms with Crippen LogP contribution in [0.5, 0.6) is 0 Å². The lowest BCUT2D eigenvalue weighted by molar-refractivity contribution is -0.131. The summed E-state index contributed by atoms with van der Waals surface area (Å²) < 4.78 is 13.1. The Morgan fingerprint density at radius 1 is 1.00 bits per heavy atom. The Morgan fingerprint density at radius 2 is 1.66 bits per heavy atom. The summed E-state index contributed by atoms with van der Waals surface area (Å²) in [5, 5.41) is 6.32. The summed E-state index contributed by atoms with van der Waals surface area (Å²) in [6, 6.07) is 6.46. The normalized spacial score (nSPS) is 14.3. The van der Waals surface area contributed by atoms with E-state index in [0.717, 1.165) is 18.8 Å². The Balaban J connectivity index is 1.74. The minimum absolute atomic E-state index is 0.0834. The van der Waals surface area contributed by atoms with Crippen LogP contribution in [0.4, 0.5) is 10.1 Å². The predicted molar refractivity (Wildman–Crippen MR) is 126 cm³/mol. The van der Waals surface area contributed by atoms with Crippen LogP contribution < -0.4 is 15.5 Å². The first-order valence-electron chi connectivity index (χ1n) is 11.6. The zero-order valence-corrected chi connectivity index (χ0v) is 19.6. The predicted octanol–water partition coefficient (Wildman–Crippen LogP) is 1.68. The summed E-state index contributed by atoms with van der Waals surface area (Å²) in [4.78, 5) is 35.0. The molecule has 2 amide bonds. The molecular weight excluding hydrogens is 411 g/mol. The molecule has 0 radical (unpaired) electrons. The molecule has 1 saturated heterocycles. The molecule has 0 spiro atoms. The van der Waals surface area contributed by atoms with Crippen LogP contribution >= 0.6 is 0 Å². The third-order valence-electron chi connectivity index (χ3n) is 5.51. The number of piperazine rings is 1. The highest BCUT2D eigenvalue weighted by Gasteiger charge is 2.21. The van der Waals surface area contributed by atoms with Crippen molar-refractivity contribution in [3.63, 3.8) is 0 Å². The molecule has 0 atom stereocenters. The van der Waals surface area contributed by atoms with Gasteiger partial charge in [-0.05, 0) is 45.0 Å². The van der Waals surface area contributed by atoms with Gasteiger partial charge < -0.3 is 25.3 Å². The lowest BCUT2D eigenvalue weighted by Crippen LogP contribution is -2.49. The van der Waals surface area contributed by atoms with Crippen molar-refractivity contribution in [1.29, 1.82) is 0 Å². The molecule has 32 heavy (non-hydrogen) atoms. The van der Waals surface area contributed by atoms with Crippen LogP contribution in [-0.2, 0) is 9.59 Å². The van der Waals surface area contributed by atoms with E-state index in [1.165, 1.54) is 12.1 Å². The van der Waals surface area contributed by atoms with Gasteiger partial charge in [-0.1, -0.05) is 0 Å². The van der Waals surface area contributed by atoms with Gasteiger partial charge in [-0.3, -0.25) is 14.6 Å². The SMILES string of the molecule is CCNC(=NCCC(=O)N1CCN(c2ccc(F)cc2)CC1)NCCC(=O)N(CC)CC. The molecule has 0 aromatic heterocycles. The fraction of sp³-hybridized carbons (Fsp3) is 0.609. The maximum absolute atomic E-state index is 13.1. The average Bonchev–Trinajstić information content (AvgIpc) is 2.80. The molecule has 178 valence electrons. The summed E-state index contributed by atoms with van der Waals surface area (Å²) >= 11 is 0. The van der Waals surface area contributed by atoms with Crippen LogP contribution in [0.2, 0.25) is 0 Å². The number of guanidine groups is 1. The molecule has 0 saturated carbocycles. The van der Waals surface area contributed by atoms with E-state index in [0.29, 0.717) is 64.6 Å². The zero-order valence-electron chi connectivity index (χ0n) is 19.6. The monoisotopic (exact) mass is 448 g/mol. The Kier molecular flexibility index (Phi) is 10.8. The number of carbonyl (C=O) groups is 2. The summed E-state index contributed by atoms with van der Waals surface area (Å²) in [5.74, 6) is 0.576. The first-order chi connectivity index (χ1) is 15.5. The third-order valence-corrected chi connectivity index (χ3v) is 5.51. The summed E-state index contributed by atoms with van der Waals surface area (Å²) in [5.41, 5.74) is 0.976. The minimum atomic E-state index is -0.245. The Labute approximate surface area is 190 Å². The van der Waals surface area contributed by atoms with E-state index in [-0.39, 0.29) is 17.6 Å². The number of nitrogens with one attached hydrogen (secondary N) is 2. The number of hydrogen-bond acceptors (Lipinski definition) is 4. The van der Waals surface area contributed by atoms with Crippen LogP contribution in [0.15, 0.2) is 29.3 Å². The third kappa shape index (κ3) is 8.01. The van der Waals surface area contributed by atoms with Crippen molar-refractivity contribution < 1.29 is 14.0 Å². The van der Waals surface area contributed by atoms with Gasteiger partial charge in [-0.2, -0.15) is 0 Å². The van der Waals surface area contributed by atoms with Crippen LogP contribution in [0.1, 0.15) is 33.6 Å². The molecule has 2 rings (SSSR count). The van der Waals surface area contributed by atoms with E-state index >= 15 is 0 Å². The van der Waals surface area contributed by atoms with Gasteiger partial charge in [0.2, 0.25) is 11.8 Å². The number of halogens is 1. The van der Waals surface area contributed by atoms with Gasteiger partial charge in [-0.25, -0.2) is 4.39 Å². The standard InChI is InChI=1S/C23H37FN6O2/c1-4-25-23(26-13-11-21(31)28(5-2)6-3)27-14-12-22(32)30-17-15-29(16-18-30)20-9-7-19(24)8-10-20/h7-10H,4-6,11-18H2,1-3H3,(H2,25,26,27). The fourth-order valence-electron chi connectivity index (χ4n) is 3.65. The van der Waals surface area contributed by atoms with Crippen molar-refractivity contribution in [2.75, 3.05) is 63.8 Å². The molecule has 0 bridgehead atoms. The molecule has 0 unspecified atom stereocenters. The van der Waals surface area contributed by atoms with E-state index in [1.54, 1.807) is 17.0 Å². The highest BCUT2D eigenvalue weighted by atomic mass is 19.1. The maximum Gasteiger partial charge on any atom is 0.224 e. The van der Waals surface area contributed by atoms with Crippen LogP contribution in [0.3, 0.4) is 0 Å². The van der Waals surface area contributed by atoms with Crippen molar-refractivity contribution >= 4 is 23.5 Å². The summed E-state index contributed by atoms with van der Waals surface area (Å²) in [7, 11) is 0. The second kappa shape index (κ2) is 13.5. The molecule has 1 aromatic carbocycles. The smallest absolute Gasteiger partial charge is 0.224 e. The van der Waals surface area contributed by atoms with Crippen LogP contribution in [0.25, 0.3) is 0 Å². The Morgan fingerprint density at radius 3 is 2.25 bits per heavy atom. The van der Waals surface area contributed by atoms with Gasteiger partial charge in [0.25, 0.3) is 0 Å². The molecule has 2 N–H and O–H groups in total. The van der Waals surface area contributed by atoms with Gasteiger partial charge in [-0.15, -0.1) is 0 Å².